The van der Waals surface area contributed by atoms with Crippen LogP contribution in [0.4, 0.5) is 0 Å². The molecule has 26 heavy (non-hydrogen) atoms. The Balaban J connectivity index is 1.58. The maximum atomic E-state index is 11.2. The number of hydrogen-bond acceptors (Lipinski definition) is 5. The number of amides is 1. The first-order valence-electron chi connectivity index (χ1n) is 9.44. The molecule has 3 heterocycles. The van der Waals surface area contributed by atoms with Crippen molar-refractivity contribution in [2.24, 2.45) is 0 Å². The molecule has 1 N–H and O–H groups in total. The molecule has 140 valence electrons. The third-order valence-electron chi connectivity index (χ3n) is 4.92. The maximum absolute atomic E-state index is 11.2. The summed E-state index contributed by atoms with van der Waals surface area (Å²) in [6.45, 7) is 8.15. The Morgan fingerprint density at radius 2 is 1.96 bits per heavy atom. The highest BCUT2D eigenvalue weighted by Gasteiger charge is 2.24. The van der Waals surface area contributed by atoms with Crippen molar-refractivity contribution in [3.05, 3.63) is 42.0 Å². The highest BCUT2D eigenvalue weighted by molar-refractivity contribution is 5.72. The van der Waals surface area contributed by atoms with Crippen LogP contribution in [0, 0.1) is 0 Å². The van der Waals surface area contributed by atoms with Crippen molar-refractivity contribution in [3.63, 3.8) is 0 Å². The van der Waals surface area contributed by atoms with Crippen molar-refractivity contribution in [1.29, 1.82) is 0 Å². The summed E-state index contributed by atoms with van der Waals surface area (Å²) < 4.78 is 2.25. The van der Waals surface area contributed by atoms with Crippen LogP contribution in [0.2, 0.25) is 0 Å². The predicted molar refractivity (Wildman–Crippen MR) is 99.3 cm³/mol. The topological polar surface area (TPSA) is 75.9 Å². The van der Waals surface area contributed by atoms with E-state index in [9.17, 15) is 4.79 Å². The first-order chi connectivity index (χ1) is 12.7. The number of hydrogen-bond donors (Lipinski definition) is 1. The number of carbonyl (C=O) groups is 1. The third kappa shape index (κ3) is 4.66. The second-order valence-electron chi connectivity index (χ2n) is 6.89. The second-order valence-corrected chi connectivity index (χ2v) is 6.89. The molecule has 0 spiro atoms. The van der Waals surface area contributed by atoms with Crippen molar-refractivity contribution in [2.45, 2.75) is 58.7 Å². The summed E-state index contributed by atoms with van der Waals surface area (Å²) >= 11 is 0. The van der Waals surface area contributed by atoms with E-state index in [4.69, 9.17) is 0 Å². The molecule has 0 saturated carbocycles. The summed E-state index contributed by atoms with van der Waals surface area (Å²) in [6.07, 6.45) is 10.6. The van der Waals surface area contributed by atoms with Crippen LogP contribution in [0.15, 0.2) is 24.8 Å². The SMILES string of the molecule is CCCn1ccnc1CN1CCC(c2nccnc2CNC(C)=O)CC1. The van der Waals surface area contributed by atoms with Gasteiger partial charge in [0, 0.05) is 44.2 Å². The number of rotatable bonds is 7. The van der Waals surface area contributed by atoms with Gasteiger partial charge in [-0.25, -0.2) is 4.98 Å². The summed E-state index contributed by atoms with van der Waals surface area (Å²) in [5.41, 5.74) is 1.92. The van der Waals surface area contributed by atoms with E-state index < -0.39 is 0 Å². The van der Waals surface area contributed by atoms with Crippen molar-refractivity contribution < 1.29 is 4.79 Å². The van der Waals surface area contributed by atoms with Crippen LogP contribution >= 0.6 is 0 Å². The minimum Gasteiger partial charge on any atom is -0.351 e. The number of imidazole rings is 1. The molecule has 2 aromatic rings. The molecule has 0 radical (unpaired) electrons. The van der Waals surface area contributed by atoms with E-state index in [2.05, 4.69) is 42.9 Å². The van der Waals surface area contributed by atoms with Crippen LogP contribution in [0.25, 0.3) is 0 Å². The summed E-state index contributed by atoms with van der Waals surface area (Å²) in [5.74, 6) is 1.51. The first-order valence-corrected chi connectivity index (χ1v) is 9.44. The summed E-state index contributed by atoms with van der Waals surface area (Å²) in [4.78, 5) is 27.2. The van der Waals surface area contributed by atoms with E-state index >= 15 is 0 Å². The lowest BCUT2D eigenvalue weighted by Gasteiger charge is -2.32. The fourth-order valence-electron chi connectivity index (χ4n) is 3.56. The highest BCUT2D eigenvalue weighted by Crippen LogP contribution is 2.28. The van der Waals surface area contributed by atoms with Gasteiger partial charge in [-0.2, -0.15) is 0 Å². The Bertz CT molecular complexity index is 720. The standard InChI is InChI=1S/C19H28N6O/c1-3-9-25-12-8-21-18(25)14-24-10-4-16(5-11-24)19-17(13-23-15(2)26)20-6-7-22-19/h6-8,12,16H,3-5,9-11,13-14H2,1-2H3,(H,23,26). The van der Waals surface area contributed by atoms with Gasteiger partial charge in [-0.15, -0.1) is 0 Å². The summed E-state index contributed by atoms with van der Waals surface area (Å²) in [7, 11) is 0. The van der Waals surface area contributed by atoms with Crippen molar-refractivity contribution in [2.75, 3.05) is 13.1 Å². The van der Waals surface area contributed by atoms with Crippen LogP contribution in [0.3, 0.4) is 0 Å². The average molecular weight is 356 g/mol. The number of aromatic nitrogens is 4. The van der Waals surface area contributed by atoms with Gasteiger partial charge in [0.2, 0.25) is 5.91 Å². The molecule has 0 atom stereocenters. The Kier molecular flexibility index (Phi) is 6.33. The molecule has 1 aliphatic heterocycles. The third-order valence-corrected chi connectivity index (χ3v) is 4.92. The van der Waals surface area contributed by atoms with E-state index in [1.165, 1.54) is 6.92 Å². The van der Waals surface area contributed by atoms with Gasteiger partial charge in [0.25, 0.3) is 0 Å². The fraction of sp³-hybridized carbons (Fsp3) is 0.579. The largest absolute Gasteiger partial charge is 0.351 e. The molecule has 1 amide bonds. The van der Waals surface area contributed by atoms with Crippen molar-refractivity contribution in [3.8, 4) is 0 Å². The second kappa shape index (κ2) is 8.89. The van der Waals surface area contributed by atoms with Crippen molar-refractivity contribution in [1.82, 2.24) is 29.7 Å². The van der Waals surface area contributed by atoms with Crippen molar-refractivity contribution >= 4 is 5.91 Å². The fourth-order valence-corrected chi connectivity index (χ4v) is 3.56. The van der Waals surface area contributed by atoms with E-state index in [-0.39, 0.29) is 5.91 Å². The maximum Gasteiger partial charge on any atom is 0.217 e. The van der Waals surface area contributed by atoms with E-state index in [0.29, 0.717) is 12.5 Å². The van der Waals surface area contributed by atoms with Gasteiger partial charge < -0.3 is 9.88 Å². The monoisotopic (exact) mass is 356 g/mol. The van der Waals surface area contributed by atoms with E-state index in [1.807, 2.05) is 6.20 Å². The Morgan fingerprint density at radius 1 is 1.19 bits per heavy atom. The summed E-state index contributed by atoms with van der Waals surface area (Å²) in [5, 5.41) is 2.84. The number of likely N-dealkylation sites (tertiary alicyclic amines) is 1. The number of aryl methyl sites for hydroxylation is 1. The molecule has 0 aliphatic carbocycles. The molecule has 7 heteroatoms. The lowest BCUT2D eigenvalue weighted by atomic mass is 9.92. The average Bonchev–Trinajstić information content (AvgIpc) is 3.08. The Hall–Kier alpha value is -2.28. The van der Waals surface area contributed by atoms with Gasteiger partial charge in [0.15, 0.2) is 0 Å². The summed E-state index contributed by atoms with van der Waals surface area (Å²) in [6, 6.07) is 0. The van der Waals surface area contributed by atoms with Gasteiger partial charge in [-0.3, -0.25) is 19.7 Å². The van der Waals surface area contributed by atoms with E-state index in [0.717, 1.165) is 62.7 Å². The minimum atomic E-state index is -0.0426. The zero-order valence-electron chi connectivity index (χ0n) is 15.7. The zero-order chi connectivity index (χ0) is 18.4. The molecule has 3 rings (SSSR count). The quantitative estimate of drug-likeness (QED) is 0.822. The normalized spacial score (nSPS) is 15.9. The van der Waals surface area contributed by atoms with Crippen LogP contribution in [0.1, 0.15) is 56.2 Å². The number of carbonyl (C=O) groups excluding carboxylic acids is 1. The van der Waals surface area contributed by atoms with Gasteiger partial charge in [-0.05, 0) is 32.4 Å². The molecule has 1 aliphatic rings. The highest BCUT2D eigenvalue weighted by atomic mass is 16.1. The molecule has 0 aromatic carbocycles. The predicted octanol–water partition coefficient (Wildman–Crippen LogP) is 2.10. The van der Waals surface area contributed by atoms with Crippen LogP contribution in [-0.2, 0) is 24.4 Å². The molecular weight excluding hydrogens is 328 g/mol. The van der Waals surface area contributed by atoms with Gasteiger partial charge in [-0.1, -0.05) is 6.92 Å². The lowest BCUT2D eigenvalue weighted by Crippen LogP contribution is -2.34. The number of nitrogens with one attached hydrogen (secondary N) is 1. The van der Waals surface area contributed by atoms with Crippen LogP contribution in [0.5, 0.6) is 0 Å². The first kappa shape index (κ1) is 18.5. The molecule has 1 saturated heterocycles. The van der Waals surface area contributed by atoms with Crippen LogP contribution < -0.4 is 5.32 Å². The zero-order valence-corrected chi connectivity index (χ0v) is 15.7. The molecular formula is C19H28N6O. The van der Waals surface area contributed by atoms with Gasteiger partial charge >= 0.3 is 0 Å². The smallest absolute Gasteiger partial charge is 0.217 e. The molecule has 0 unspecified atom stereocenters. The van der Waals surface area contributed by atoms with Gasteiger partial charge in [0.05, 0.1) is 24.5 Å². The number of piperidine rings is 1. The lowest BCUT2D eigenvalue weighted by molar-refractivity contribution is -0.119. The van der Waals surface area contributed by atoms with Gasteiger partial charge in [0.1, 0.15) is 5.82 Å². The molecule has 0 bridgehead atoms. The Morgan fingerprint density at radius 3 is 2.69 bits per heavy atom. The van der Waals surface area contributed by atoms with E-state index in [1.54, 1.807) is 12.4 Å². The number of nitrogens with zero attached hydrogens (tertiary/aromatic N) is 5. The Labute approximate surface area is 154 Å². The minimum absolute atomic E-state index is 0.0426. The molecule has 7 nitrogen and oxygen atoms in total. The molecule has 2 aromatic heterocycles. The van der Waals surface area contributed by atoms with Crippen LogP contribution in [-0.4, -0.2) is 43.4 Å². The molecule has 1 fully saturated rings.